The van der Waals surface area contributed by atoms with Gasteiger partial charge in [0, 0.05) is 38.8 Å². The zero-order chi connectivity index (χ0) is 27.1. The van der Waals surface area contributed by atoms with Crippen LogP contribution in [-0.4, -0.2) is 81.8 Å². The Labute approximate surface area is 223 Å². The van der Waals surface area contributed by atoms with Crippen molar-refractivity contribution in [3.05, 3.63) is 60.3 Å². The number of nitrogens with zero attached hydrogens (tertiary/aromatic N) is 7. The maximum Gasteiger partial charge on any atom is 0.296 e. The van der Waals surface area contributed by atoms with Gasteiger partial charge >= 0.3 is 0 Å². The second-order valence-electron chi connectivity index (χ2n) is 9.75. The molecule has 39 heavy (non-hydrogen) atoms. The Morgan fingerprint density at radius 1 is 0.974 bits per heavy atom. The minimum absolute atomic E-state index is 0.0196. The number of benzene rings is 1. The molecule has 10 nitrogen and oxygen atoms in total. The molecule has 2 fully saturated rings. The highest BCUT2D eigenvalue weighted by Gasteiger charge is 2.30. The van der Waals surface area contributed by atoms with Gasteiger partial charge in [0.15, 0.2) is 11.6 Å². The van der Waals surface area contributed by atoms with Crippen LogP contribution in [0.15, 0.2) is 53.1 Å². The quantitative estimate of drug-likeness (QED) is 0.378. The van der Waals surface area contributed by atoms with E-state index in [0.717, 1.165) is 0 Å². The number of alkyl halides is 2. The molecule has 0 unspecified atom stereocenters. The lowest BCUT2D eigenvalue weighted by molar-refractivity contribution is 0.0281. The van der Waals surface area contributed by atoms with E-state index in [1.807, 2.05) is 13.0 Å². The third-order valence-corrected chi connectivity index (χ3v) is 7.47. The van der Waals surface area contributed by atoms with E-state index in [2.05, 4.69) is 21.7 Å². The second-order valence-corrected chi connectivity index (χ2v) is 9.75. The lowest BCUT2D eigenvalue weighted by atomic mass is 10.1. The molecular formula is C27H29F2N7O3. The van der Waals surface area contributed by atoms with Gasteiger partial charge in [0.1, 0.15) is 11.6 Å². The van der Waals surface area contributed by atoms with E-state index in [9.17, 15) is 13.6 Å². The van der Waals surface area contributed by atoms with E-state index in [-0.39, 0.29) is 24.0 Å². The molecule has 3 aromatic heterocycles. The molecule has 0 N–H and O–H groups in total. The molecule has 0 spiro atoms. The highest BCUT2D eigenvalue weighted by Crippen LogP contribution is 2.31. The maximum absolute atomic E-state index is 14.2. The smallest absolute Gasteiger partial charge is 0.296 e. The molecule has 0 aliphatic carbocycles. The van der Waals surface area contributed by atoms with Gasteiger partial charge in [0.2, 0.25) is 5.95 Å². The molecule has 4 aromatic rings. The van der Waals surface area contributed by atoms with Crippen LogP contribution < -0.4 is 9.80 Å². The average molecular weight is 538 g/mol. The highest BCUT2D eigenvalue weighted by molar-refractivity contribution is 5.91. The van der Waals surface area contributed by atoms with Crippen molar-refractivity contribution in [3.63, 3.8) is 0 Å². The molecule has 0 saturated carbocycles. The van der Waals surface area contributed by atoms with E-state index in [1.165, 1.54) is 10.8 Å². The number of ether oxygens (including phenoxy) is 1. The number of amides is 1. The third-order valence-electron chi connectivity index (χ3n) is 7.47. The maximum atomic E-state index is 14.2. The van der Waals surface area contributed by atoms with Gasteiger partial charge in [-0.15, -0.1) is 0 Å². The summed E-state index contributed by atoms with van der Waals surface area (Å²) >= 11 is 0. The van der Waals surface area contributed by atoms with Gasteiger partial charge in [-0.25, -0.2) is 13.8 Å². The summed E-state index contributed by atoms with van der Waals surface area (Å²) in [5.41, 5.74) is 0.954. The number of anilines is 2. The van der Waals surface area contributed by atoms with Crippen molar-refractivity contribution in [1.29, 1.82) is 0 Å². The molecule has 1 amide bonds. The van der Waals surface area contributed by atoms with E-state index in [1.54, 1.807) is 41.3 Å². The summed E-state index contributed by atoms with van der Waals surface area (Å²) in [5.74, 6) is 1.10. The summed E-state index contributed by atoms with van der Waals surface area (Å²) < 4.78 is 40.8. The Balaban J connectivity index is 1.39. The molecular weight excluding hydrogens is 508 g/mol. The number of hydrogen-bond acceptors (Lipinski definition) is 8. The summed E-state index contributed by atoms with van der Waals surface area (Å²) in [6.45, 7) is 7.18. The fraction of sp³-hybridized carbons (Fsp3) is 0.407. The molecule has 5 heterocycles. The van der Waals surface area contributed by atoms with Gasteiger partial charge in [-0.2, -0.15) is 9.97 Å². The molecule has 2 aliphatic rings. The largest absolute Gasteiger partial charge is 0.459 e. The number of carbonyl (C=O) groups is 1. The predicted molar refractivity (Wildman–Crippen MR) is 141 cm³/mol. The van der Waals surface area contributed by atoms with Crippen LogP contribution in [0.1, 0.15) is 36.7 Å². The molecule has 12 heteroatoms. The van der Waals surface area contributed by atoms with E-state index in [4.69, 9.17) is 19.1 Å². The van der Waals surface area contributed by atoms with Crippen molar-refractivity contribution in [2.24, 2.45) is 0 Å². The van der Waals surface area contributed by atoms with Crippen molar-refractivity contribution >= 4 is 28.6 Å². The number of imidazole rings is 1. The van der Waals surface area contributed by atoms with Crippen molar-refractivity contribution < 1.29 is 22.7 Å². The summed E-state index contributed by atoms with van der Waals surface area (Å²) in [5, 5.41) is 0. The zero-order valence-electron chi connectivity index (χ0n) is 21.7. The van der Waals surface area contributed by atoms with Gasteiger partial charge in [0.25, 0.3) is 12.3 Å². The minimum atomic E-state index is -2.81. The lowest BCUT2D eigenvalue weighted by Gasteiger charge is -2.39. The molecule has 0 radical (unpaired) electrons. The molecule has 1 aromatic carbocycles. The number of rotatable bonds is 5. The summed E-state index contributed by atoms with van der Waals surface area (Å²) in [7, 11) is 0. The number of hydrogen-bond donors (Lipinski definition) is 0. The first-order valence-electron chi connectivity index (χ1n) is 13.0. The third kappa shape index (κ3) is 4.69. The first-order chi connectivity index (χ1) is 18.9. The number of carbonyl (C=O) groups excluding carboxylic acids is 1. The van der Waals surface area contributed by atoms with Crippen molar-refractivity contribution in [2.75, 3.05) is 49.1 Å². The van der Waals surface area contributed by atoms with Gasteiger partial charge < -0.3 is 23.9 Å². The molecule has 2 atom stereocenters. The van der Waals surface area contributed by atoms with Gasteiger partial charge in [-0.3, -0.25) is 9.36 Å². The van der Waals surface area contributed by atoms with E-state index < -0.39 is 12.2 Å². The van der Waals surface area contributed by atoms with Crippen LogP contribution in [0.3, 0.4) is 0 Å². The number of morpholine rings is 1. The summed E-state index contributed by atoms with van der Waals surface area (Å²) in [6.07, 6.45) is -1.36. The summed E-state index contributed by atoms with van der Waals surface area (Å²) in [6, 6.07) is 12.2. The van der Waals surface area contributed by atoms with Crippen LogP contribution in [0.4, 0.5) is 20.4 Å². The van der Waals surface area contributed by atoms with Crippen LogP contribution >= 0.6 is 0 Å². The number of aromatic nitrogens is 4. The first-order valence-corrected chi connectivity index (χ1v) is 13.0. The van der Waals surface area contributed by atoms with Crippen LogP contribution in [0, 0.1) is 0 Å². The number of fused-ring (bicyclic) bond motifs is 1. The second kappa shape index (κ2) is 10.3. The van der Waals surface area contributed by atoms with Gasteiger partial charge in [-0.05, 0) is 38.1 Å². The first kappa shape index (κ1) is 25.2. The van der Waals surface area contributed by atoms with E-state index in [0.29, 0.717) is 67.8 Å². The monoisotopic (exact) mass is 537 g/mol. The van der Waals surface area contributed by atoms with Gasteiger partial charge in [0.05, 0.1) is 36.0 Å². The summed E-state index contributed by atoms with van der Waals surface area (Å²) in [4.78, 5) is 32.4. The Bertz CT molecular complexity index is 1470. The Morgan fingerprint density at radius 3 is 2.49 bits per heavy atom. The number of piperazine rings is 1. The lowest BCUT2D eigenvalue weighted by Crippen LogP contribution is -2.50. The minimum Gasteiger partial charge on any atom is -0.459 e. The molecule has 2 saturated heterocycles. The van der Waals surface area contributed by atoms with Crippen molar-refractivity contribution in [1.82, 2.24) is 24.4 Å². The standard InChI is InChI=1S/C27H29F2N7O3/c1-17-18(2)38-15-13-35(17)23-16-22(33-9-11-34(12-10-33)26(37)21-8-5-14-39-21)31-27(32-23)36-20-7-4-3-6-19(20)30-25(36)24(28)29/h3-8,14,16-18,24H,9-13,15H2,1-2H3/t17-,18+/m0/s1. The molecule has 2 aliphatic heterocycles. The topological polar surface area (TPSA) is 92.8 Å². The number of halogens is 2. The zero-order valence-corrected chi connectivity index (χ0v) is 21.7. The Kier molecular flexibility index (Phi) is 6.63. The SMILES string of the molecule is C[C@H]1OCCN(c2cc(N3CCN(C(=O)c4ccco4)CC3)nc(-n3c(C(F)F)nc4ccccc43)n2)[C@H]1C. The fourth-order valence-corrected chi connectivity index (χ4v) is 5.17. The van der Waals surface area contributed by atoms with Crippen molar-refractivity contribution in [3.8, 4) is 5.95 Å². The highest BCUT2D eigenvalue weighted by atomic mass is 19.3. The fourth-order valence-electron chi connectivity index (χ4n) is 5.17. The van der Waals surface area contributed by atoms with Crippen LogP contribution in [0.25, 0.3) is 17.0 Å². The van der Waals surface area contributed by atoms with Crippen LogP contribution in [-0.2, 0) is 4.74 Å². The Morgan fingerprint density at radius 2 is 1.74 bits per heavy atom. The number of para-hydroxylation sites is 2. The Hall–Kier alpha value is -4.06. The normalized spacial score (nSPS) is 20.3. The predicted octanol–water partition coefficient (Wildman–Crippen LogP) is 3.92. The van der Waals surface area contributed by atoms with Crippen LogP contribution in [0.2, 0.25) is 0 Å². The average Bonchev–Trinajstić information content (AvgIpc) is 3.63. The molecule has 0 bridgehead atoms. The van der Waals surface area contributed by atoms with E-state index >= 15 is 0 Å². The van der Waals surface area contributed by atoms with Crippen molar-refractivity contribution in [2.45, 2.75) is 32.4 Å². The molecule has 6 rings (SSSR count). The molecule has 204 valence electrons. The number of furan rings is 1. The van der Waals surface area contributed by atoms with Crippen LogP contribution in [0.5, 0.6) is 0 Å². The van der Waals surface area contributed by atoms with Gasteiger partial charge in [-0.1, -0.05) is 12.1 Å².